The highest BCUT2D eigenvalue weighted by molar-refractivity contribution is 7.14. The molecule has 3 aromatic heterocycles. The Morgan fingerprint density at radius 1 is 1.06 bits per heavy atom. The fourth-order valence-electron chi connectivity index (χ4n) is 3.86. The molecule has 0 radical (unpaired) electrons. The number of rotatable bonds is 6. The lowest BCUT2D eigenvalue weighted by Gasteiger charge is -2.09. The van der Waals surface area contributed by atoms with E-state index in [4.69, 9.17) is 4.98 Å². The molecule has 33 heavy (non-hydrogen) atoms. The molecular weight excluding hydrogens is 440 g/mol. The van der Waals surface area contributed by atoms with Crippen LogP contribution in [0.4, 0.5) is 19.6 Å². The van der Waals surface area contributed by atoms with E-state index < -0.39 is 6.43 Å². The second kappa shape index (κ2) is 8.71. The summed E-state index contributed by atoms with van der Waals surface area (Å²) in [4.78, 5) is 13.6. The van der Waals surface area contributed by atoms with E-state index in [1.807, 2.05) is 43.5 Å². The number of hydrogen-bond donors (Lipinski definition) is 1. The van der Waals surface area contributed by atoms with Gasteiger partial charge in [-0.05, 0) is 49.7 Å². The fourth-order valence-corrected chi connectivity index (χ4v) is 4.59. The molecule has 2 aromatic carbocycles. The van der Waals surface area contributed by atoms with Gasteiger partial charge in [0, 0.05) is 46.7 Å². The molecule has 0 aliphatic carbocycles. The Labute approximate surface area is 193 Å². The number of pyridine rings is 1. The van der Waals surface area contributed by atoms with Crippen molar-refractivity contribution in [3.8, 4) is 22.6 Å². The Morgan fingerprint density at radius 3 is 2.67 bits per heavy atom. The second-order valence-electron chi connectivity index (χ2n) is 7.67. The number of alkyl halides is 2. The number of fused-ring (bicyclic) bond motifs is 1. The molecule has 0 unspecified atom stereocenters. The smallest absolute Gasteiger partial charge is 0.263 e. The fraction of sp³-hybridized carbons (Fsp3) is 0.160. The van der Waals surface area contributed by atoms with Crippen LogP contribution >= 0.6 is 11.3 Å². The first-order valence-corrected chi connectivity index (χ1v) is 11.4. The van der Waals surface area contributed by atoms with E-state index in [1.54, 1.807) is 18.5 Å². The highest BCUT2D eigenvalue weighted by Gasteiger charge is 2.16. The molecule has 0 spiro atoms. The van der Waals surface area contributed by atoms with Crippen molar-refractivity contribution in [2.45, 2.75) is 26.8 Å². The number of imidazole rings is 1. The molecule has 166 valence electrons. The Balaban J connectivity index is 1.52. The van der Waals surface area contributed by atoms with Gasteiger partial charge in [0.25, 0.3) is 6.43 Å². The van der Waals surface area contributed by atoms with Crippen molar-refractivity contribution in [1.82, 2.24) is 19.5 Å². The summed E-state index contributed by atoms with van der Waals surface area (Å²) in [6, 6.07) is 14.3. The molecule has 0 saturated carbocycles. The van der Waals surface area contributed by atoms with Crippen LogP contribution in [-0.4, -0.2) is 19.5 Å². The van der Waals surface area contributed by atoms with E-state index >= 15 is 0 Å². The van der Waals surface area contributed by atoms with Gasteiger partial charge in [-0.25, -0.2) is 18.7 Å². The summed E-state index contributed by atoms with van der Waals surface area (Å²) >= 11 is 1.52. The normalized spacial score (nSPS) is 11.4. The minimum absolute atomic E-state index is 0.00562. The molecule has 8 heteroatoms. The number of aryl methyl sites for hydroxylation is 2. The number of nitrogens with zero attached hydrogens (tertiary/aromatic N) is 4. The summed E-state index contributed by atoms with van der Waals surface area (Å²) in [5.74, 6) is 0.680. The Kier molecular flexibility index (Phi) is 5.60. The molecule has 0 bridgehead atoms. The number of thiazole rings is 1. The van der Waals surface area contributed by atoms with E-state index in [2.05, 4.69) is 25.9 Å². The minimum atomic E-state index is -2.52. The van der Waals surface area contributed by atoms with Crippen LogP contribution in [0.3, 0.4) is 0 Å². The van der Waals surface area contributed by atoms with E-state index in [0.717, 1.165) is 38.7 Å². The van der Waals surface area contributed by atoms with Crippen molar-refractivity contribution in [3.05, 3.63) is 77.4 Å². The first-order chi connectivity index (χ1) is 16.0. The van der Waals surface area contributed by atoms with E-state index in [9.17, 15) is 8.78 Å². The molecule has 0 aliphatic heterocycles. The maximum absolute atomic E-state index is 13.2. The predicted molar refractivity (Wildman–Crippen MR) is 129 cm³/mol. The summed E-state index contributed by atoms with van der Waals surface area (Å²) in [5.41, 5.74) is 6.22. The highest BCUT2D eigenvalue weighted by Crippen LogP contribution is 2.33. The Hall–Kier alpha value is -3.65. The number of benzene rings is 2. The van der Waals surface area contributed by atoms with Crippen LogP contribution in [0.5, 0.6) is 0 Å². The molecular formula is C25H21F2N5S. The Bertz CT molecular complexity index is 1430. The molecule has 1 N–H and O–H groups in total. The molecule has 0 fully saturated rings. The van der Waals surface area contributed by atoms with Gasteiger partial charge in [-0.2, -0.15) is 0 Å². The van der Waals surface area contributed by atoms with Gasteiger partial charge in [0.1, 0.15) is 5.82 Å². The van der Waals surface area contributed by atoms with Crippen LogP contribution in [0.2, 0.25) is 0 Å². The molecule has 5 aromatic rings. The average Bonchev–Trinajstić information content (AvgIpc) is 3.44. The number of halogens is 2. The van der Waals surface area contributed by atoms with Gasteiger partial charge >= 0.3 is 0 Å². The molecule has 0 aliphatic rings. The van der Waals surface area contributed by atoms with E-state index in [0.29, 0.717) is 17.9 Å². The molecule has 5 rings (SSSR count). The minimum Gasteiger partial charge on any atom is -0.331 e. The lowest BCUT2D eigenvalue weighted by molar-refractivity contribution is 0.151. The zero-order valence-electron chi connectivity index (χ0n) is 18.1. The van der Waals surface area contributed by atoms with Gasteiger partial charge in [0.05, 0.1) is 16.7 Å². The van der Waals surface area contributed by atoms with Crippen molar-refractivity contribution in [3.63, 3.8) is 0 Å². The largest absolute Gasteiger partial charge is 0.331 e. The van der Waals surface area contributed by atoms with Gasteiger partial charge in [-0.3, -0.25) is 4.98 Å². The van der Waals surface area contributed by atoms with Crippen LogP contribution in [0.15, 0.2) is 66.3 Å². The molecule has 0 saturated heterocycles. The second-order valence-corrected chi connectivity index (χ2v) is 8.52. The standard InChI is InChI=1S/C25H21F2N5S/c1-3-32-22-10-15(2)19(30-25-31-21(14-33-25)18-8-5-9-28-13-18)12-20(22)29-24(32)17-7-4-6-16(11-17)23(26)27/h4-14,23H,3H2,1-2H3,(H,30,31). The third-order valence-corrected chi connectivity index (χ3v) is 6.27. The topological polar surface area (TPSA) is 55.6 Å². The summed E-state index contributed by atoms with van der Waals surface area (Å²) < 4.78 is 28.5. The summed E-state index contributed by atoms with van der Waals surface area (Å²) in [6.45, 7) is 4.73. The third-order valence-electron chi connectivity index (χ3n) is 5.51. The van der Waals surface area contributed by atoms with Gasteiger partial charge in [-0.15, -0.1) is 11.3 Å². The van der Waals surface area contributed by atoms with Gasteiger partial charge < -0.3 is 9.88 Å². The summed E-state index contributed by atoms with van der Waals surface area (Å²) in [6.07, 6.45) is 1.01. The summed E-state index contributed by atoms with van der Waals surface area (Å²) in [5, 5.41) is 6.17. The molecule has 5 nitrogen and oxygen atoms in total. The predicted octanol–water partition coefficient (Wildman–Crippen LogP) is 7.23. The van der Waals surface area contributed by atoms with Crippen LogP contribution in [0.1, 0.15) is 24.5 Å². The van der Waals surface area contributed by atoms with E-state index in [1.165, 1.54) is 23.5 Å². The van der Waals surface area contributed by atoms with Crippen LogP contribution in [-0.2, 0) is 6.54 Å². The number of aromatic nitrogens is 4. The maximum Gasteiger partial charge on any atom is 0.263 e. The quantitative estimate of drug-likeness (QED) is 0.290. The van der Waals surface area contributed by atoms with Crippen molar-refractivity contribution < 1.29 is 8.78 Å². The van der Waals surface area contributed by atoms with Gasteiger partial charge in [0.2, 0.25) is 0 Å². The van der Waals surface area contributed by atoms with Crippen molar-refractivity contribution in [2.24, 2.45) is 0 Å². The van der Waals surface area contributed by atoms with Crippen molar-refractivity contribution >= 4 is 33.2 Å². The van der Waals surface area contributed by atoms with E-state index in [-0.39, 0.29) is 5.56 Å². The van der Waals surface area contributed by atoms with Crippen LogP contribution in [0, 0.1) is 6.92 Å². The van der Waals surface area contributed by atoms with Gasteiger partial charge in [-0.1, -0.05) is 18.2 Å². The van der Waals surface area contributed by atoms with Crippen molar-refractivity contribution in [1.29, 1.82) is 0 Å². The lowest BCUT2D eigenvalue weighted by atomic mass is 10.1. The molecule has 0 atom stereocenters. The lowest BCUT2D eigenvalue weighted by Crippen LogP contribution is -1.99. The monoisotopic (exact) mass is 461 g/mol. The SMILES string of the molecule is CCn1c(-c2cccc(C(F)F)c2)nc2cc(Nc3nc(-c4cccnc4)cs3)c(C)cc21. The third kappa shape index (κ3) is 4.09. The van der Waals surface area contributed by atoms with Crippen LogP contribution in [0.25, 0.3) is 33.7 Å². The van der Waals surface area contributed by atoms with Gasteiger partial charge in [0.15, 0.2) is 5.13 Å². The number of anilines is 2. The highest BCUT2D eigenvalue weighted by atomic mass is 32.1. The summed E-state index contributed by atoms with van der Waals surface area (Å²) in [7, 11) is 0. The number of nitrogens with one attached hydrogen (secondary N) is 1. The number of hydrogen-bond acceptors (Lipinski definition) is 5. The first kappa shape index (κ1) is 21.2. The maximum atomic E-state index is 13.2. The molecule has 3 heterocycles. The first-order valence-electron chi connectivity index (χ1n) is 10.6. The molecule has 0 amide bonds. The van der Waals surface area contributed by atoms with Crippen molar-refractivity contribution in [2.75, 3.05) is 5.32 Å². The zero-order valence-corrected chi connectivity index (χ0v) is 18.9. The van der Waals surface area contributed by atoms with Crippen LogP contribution < -0.4 is 5.32 Å². The Morgan fingerprint density at radius 2 is 1.91 bits per heavy atom. The zero-order chi connectivity index (χ0) is 22.9. The average molecular weight is 462 g/mol.